The molecule has 6 nitrogen and oxygen atoms in total. The van der Waals surface area contributed by atoms with Crippen LogP contribution in [0.4, 0.5) is 0 Å². The lowest BCUT2D eigenvalue weighted by Crippen LogP contribution is -2.24. The number of hydrogen-bond acceptors (Lipinski definition) is 5. The fourth-order valence-corrected chi connectivity index (χ4v) is 3.22. The van der Waals surface area contributed by atoms with E-state index in [0.717, 1.165) is 49.0 Å². The summed E-state index contributed by atoms with van der Waals surface area (Å²) in [5, 5.41) is 10.3. The summed E-state index contributed by atoms with van der Waals surface area (Å²) in [4.78, 5) is 14.3. The van der Waals surface area contributed by atoms with Crippen LogP contribution in [0.2, 0.25) is 0 Å². The Kier molecular flexibility index (Phi) is 7.38. The van der Waals surface area contributed by atoms with Crippen molar-refractivity contribution in [1.82, 2.24) is 9.55 Å². The Morgan fingerprint density at radius 3 is 2.62 bits per heavy atom. The molecule has 1 aliphatic carbocycles. The van der Waals surface area contributed by atoms with Gasteiger partial charge in [0.15, 0.2) is 6.29 Å². The fourth-order valence-electron chi connectivity index (χ4n) is 3.22. The lowest BCUT2D eigenvalue weighted by molar-refractivity contribution is -0.106. The number of aliphatic hydroxyl groups excluding tert-OH is 1. The summed E-state index contributed by atoms with van der Waals surface area (Å²) in [5.41, 5.74) is 1.67. The lowest BCUT2D eigenvalue weighted by atomic mass is 10.1. The standard InChI is InChI=1S/C16H20N2O3.C7H8O/c1-18-10-9-17-16(18)15(19)12-5-7-13(8-6-12)21-14-4-2-3-11-20-14;1-6-3-2-4-7(6)5-8/h5-10,14-15,19H,2-4,11H2,1H3;2-6H,1H3. The predicted molar refractivity (Wildman–Crippen MR) is 110 cm³/mol. The number of carbonyl (C=O) groups excluding carboxylic acids is 1. The number of carbonyl (C=O) groups is 1. The molecule has 1 aliphatic heterocycles. The monoisotopic (exact) mass is 396 g/mol. The van der Waals surface area contributed by atoms with Crippen LogP contribution < -0.4 is 4.74 Å². The van der Waals surface area contributed by atoms with Gasteiger partial charge < -0.3 is 19.1 Å². The van der Waals surface area contributed by atoms with Crippen LogP contribution in [0.25, 0.3) is 0 Å². The zero-order valence-electron chi connectivity index (χ0n) is 16.9. The van der Waals surface area contributed by atoms with Gasteiger partial charge >= 0.3 is 0 Å². The first kappa shape index (κ1) is 21.0. The minimum Gasteiger partial charge on any atom is -0.465 e. The highest BCUT2D eigenvalue weighted by atomic mass is 16.7. The van der Waals surface area contributed by atoms with Crippen molar-refractivity contribution < 1.29 is 19.4 Å². The van der Waals surface area contributed by atoms with E-state index >= 15 is 0 Å². The molecule has 4 rings (SSSR count). The number of aliphatic hydroxyl groups is 1. The number of nitrogens with zero attached hydrogens (tertiary/aromatic N) is 2. The Morgan fingerprint density at radius 1 is 1.31 bits per heavy atom. The van der Waals surface area contributed by atoms with Gasteiger partial charge in [0.1, 0.15) is 24.0 Å². The molecule has 6 heteroatoms. The van der Waals surface area contributed by atoms with Gasteiger partial charge in [0, 0.05) is 31.8 Å². The second kappa shape index (κ2) is 10.2. The SMILES string of the molecule is CC1C=CC=C1C=O.Cn1ccnc1C(O)c1ccc(OC2CCCCO2)cc1. The summed E-state index contributed by atoms with van der Waals surface area (Å²) in [7, 11) is 1.86. The van der Waals surface area contributed by atoms with E-state index in [9.17, 15) is 9.90 Å². The van der Waals surface area contributed by atoms with Crippen LogP contribution in [0.5, 0.6) is 5.75 Å². The van der Waals surface area contributed by atoms with Gasteiger partial charge in [-0.25, -0.2) is 4.98 Å². The summed E-state index contributed by atoms with van der Waals surface area (Å²) in [6.45, 7) is 2.77. The molecule has 154 valence electrons. The maximum Gasteiger partial charge on any atom is 0.199 e. The van der Waals surface area contributed by atoms with Gasteiger partial charge in [-0.05, 0) is 36.1 Å². The first-order valence-corrected chi connectivity index (χ1v) is 9.95. The van der Waals surface area contributed by atoms with Crippen LogP contribution in [0.3, 0.4) is 0 Å². The van der Waals surface area contributed by atoms with Crippen molar-refractivity contribution in [2.75, 3.05) is 6.61 Å². The van der Waals surface area contributed by atoms with E-state index in [1.54, 1.807) is 6.20 Å². The van der Waals surface area contributed by atoms with Crippen LogP contribution in [-0.4, -0.2) is 33.8 Å². The van der Waals surface area contributed by atoms with Gasteiger partial charge in [-0.1, -0.05) is 37.3 Å². The van der Waals surface area contributed by atoms with Gasteiger partial charge in [0.05, 0.1) is 6.61 Å². The second-order valence-corrected chi connectivity index (χ2v) is 7.24. The highest BCUT2D eigenvalue weighted by Gasteiger charge is 2.17. The molecule has 2 aromatic rings. The number of imidazole rings is 1. The third kappa shape index (κ3) is 5.65. The Hall–Kier alpha value is -2.70. The minimum absolute atomic E-state index is 0.149. The normalized spacial score (nSPS) is 21.7. The average molecular weight is 396 g/mol. The molecule has 1 aromatic heterocycles. The molecule has 0 amide bonds. The van der Waals surface area contributed by atoms with E-state index in [4.69, 9.17) is 9.47 Å². The quantitative estimate of drug-likeness (QED) is 0.780. The topological polar surface area (TPSA) is 73.6 Å². The Morgan fingerprint density at radius 2 is 2.10 bits per heavy atom. The molecule has 29 heavy (non-hydrogen) atoms. The molecule has 3 atom stereocenters. The maximum atomic E-state index is 10.3. The summed E-state index contributed by atoms with van der Waals surface area (Å²) in [5.74, 6) is 1.73. The third-order valence-electron chi connectivity index (χ3n) is 5.05. The summed E-state index contributed by atoms with van der Waals surface area (Å²) in [6.07, 6.45) is 12.5. The predicted octanol–water partition coefficient (Wildman–Crippen LogP) is 3.72. The van der Waals surface area contributed by atoms with Crippen LogP contribution in [0, 0.1) is 5.92 Å². The van der Waals surface area contributed by atoms with Gasteiger partial charge in [-0.2, -0.15) is 0 Å². The molecule has 0 bridgehead atoms. The molecular weight excluding hydrogens is 368 g/mol. The number of aromatic nitrogens is 2. The number of aryl methyl sites for hydroxylation is 1. The van der Waals surface area contributed by atoms with Crippen molar-refractivity contribution in [3.05, 3.63) is 71.8 Å². The van der Waals surface area contributed by atoms with E-state index in [1.807, 2.05) is 67.2 Å². The maximum absolute atomic E-state index is 10.3. The number of allylic oxidation sites excluding steroid dienone is 4. The molecule has 0 radical (unpaired) electrons. The largest absolute Gasteiger partial charge is 0.465 e. The van der Waals surface area contributed by atoms with Crippen molar-refractivity contribution in [1.29, 1.82) is 0 Å². The van der Waals surface area contributed by atoms with E-state index in [1.165, 1.54) is 0 Å². The first-order valence-electron chi connectivity index (χ1n) is 9.95. The van der Waals surface area contributed by atoms with Crippen molar-refractivity contribution in [2.45, 2.75) is 38.6 Å². The summed E-state index contributed by atoms with van der Waals surface area (Å²) in [6, 6.07) is 7.44. The molecule has 2 heterocycles. The van der Waals surface area contributed by atoms with E-state index in [0.29, 0.717) is 11.7 Å². The Balaban J connectivity index is 0.000000252. The molecule has 3 unspecified atom stereocenters. The van der Waals surface area contributed by atoms with Crippen LogP contribution in [-0.2, 0) is 16.6 Å². The molecule has 0 spiro atoms. The minimum atomic E-state index is -0.731. The third-order valence-corrected chi connectivity index (χ3v) is 5.05. The molecule has 1 aromatic carbocycles. The van der Waals surface area contributed by atoms with Crippen molar-refractivity contribution in [2.24, 2.45) is 13.0 Å². The Labute approximate surface area is 171 Å². The van der Waals surface area contributed by atoms with Gasteiger partial charge in [-0.15, -0.1) is 0 Å². The van der Waals surface area contributed by atoms with Gasteiger partial charge in [0.25, 0.3) is 0 Å². The van der Waals surface area contributed by atoms with Crippen molar-refractivity contribution in [3.8, 4) is 5.75 Å². The number of benzene rings is 1. The lowest BCUT2D eigenvalue weighted by Gasteiger charge is -2.23. The first-order chi connectivity index (χ1) is 14.1. The zero-order chi connectivity index (χ0) is 20.6. The average Bonchev–Trinajstić information content (AvgIpc) is 3.37. The summed E-state index contributed by atoms with van der Waals surface area (Å²) < 4.78 is 13.1. The van der Waals surface area contributed by atoms with E-state index < -0.39 is 6.10 Å². The fraction of sp³-hybridized carbons (Fsp3) is 0.391. The van der Waals surface area contributed by atoms with Crippen LogP contribution >= 0.6 is 0 Å². The summed E-state index contributed by atoms with van der Waals surface area (Å²) >= 11 is 0. The molecule has 1 fully saturated rings. The van der Waals surface area contributed by atoms with E-state index in [-0.39, 0.29) is 6.29 Å². The molecule has 1 N–H and O–H groups in total. The molecule has 1 saturated heterocycles. The number of aldehydes is 1. The van der Waals surface area contributed by atoms with Crippen LogP contribution in [0.1, 0.15) is 43.7 Å². The van der Waals surface area contributed by atoms with Crippen molar-refractivity contribution in [3.63, 3.8) is 0 Å². The number of ether oxygens (including phenoxy) is 2. The molecule has 0 saturated carbocycles. The smallest absolute Gasteiger partial charge is 0.199 e. The highest BCUT2D eigenvalue weighted by Crippen LogP contribution is 2.24. The zero-order valence-corrected chi connectivity index (χ0v) is 16.9. The number of rotatable bonds is 5. The Bertz CT molecular complexity index is 848. The molecular formula is C23H28N2O4. The second-order valence-electron chi connectivity index (χ2n) is 7.24. The van der Waals surface area contributed by atoms with Crippen LogP contribution in [0.15, 0.2) is 60.5 Å². The highest BCUT2D eigenvalue weighted by molar-refractivity contribution is 5.76. The van der Waals surface area contributed by atoms with Gasteiger partial charge in [-0.3, -0.25) is 4.79 Å². The number of hydrogen-bond donors (Lipinski definition) is 1. The van der Waals surface area contributed by atoms with Crippen molar-refractivity contribution >= 4 is 6.29 Å². The van der Waals surface area contributed by atoms with E-state index in [2.05, 4.69) is 4.98 Å². The van der Waals surface area contributed by atoms with Gasteiger partial charge in [0.2, 0.25) is 0 Å². The molecule has 2 aliphatic rings.